The molecule has 3 nitrogen and oxygen atoms in total. The Kier molecular flexibility index (Phi) is 3.91. The van der Waals surface area contributed by atoms with Gasteiger partial charge in [-0.2, -0.15) is 0 Å². The Morgan fingerprint density at radius 2 is 2.00 bits per heavy atom. The first-order chi connectivity index (χ1) is 8.60. The zero-order valence-corrected chi connectivity index (χ0v) is 10.6. The molecule has 5 heteroatoms. The van der Waals surface area contributed by atoms with Crippen LogP contribution in [0.4, 0.5) is 8.78 Å². The molecule has 0 amide bonds. The smallest absolute Gasteiger partial charge is 0.161 e. The highest BCUT2D eigenvalue weighted by molar-refractivity contribution is 5.75. The number of rotatable bonds is 5. The summed E-state index contributed by atoms with van der Waals surface area (Å²) >= 11 is 0. The lowest BCUT2D eigenvalue weighted by Crippen LogP contribution is -2.19. The number of H-pyrrole nitrogens is 1. The van der Waals surface area contributed by atoms with Crippen LogP contribution in [0.15, 0.2) is 12.1 Å². The molecule has 0 unspecified atom stereocenters. The minimum atomic E-state index is -0.861. The van der Waals surface area contributed by atoms with E-state index in [1.165, 1.54) is 0 Å². The molecular formula is C13H17F2N3. The molecule has 0 radical (unpaired) electrons. The van der Waals surface area contributed by atoms with Crippen molar-refractivity contribution in [2.75, 3.05) is 13.6 Å². The van der Waals surface area contributed by atoms with Crippen molar-refractivity contribution in [1.82, 2.24) is 14.9 Å². The van der Waals surface area contributed by atoms with E-state index in [4.69, 9.17) is 0 Å². The van der Waals surface area contributed by atoms with Crippen LogP contribution in [0.5, 0.6) is 0 Å². The number of fused-ring (bicyclic) bond motifs is 1. The first-order valence-corrected chi connectivity index (χ1v) is 6.12. The second-order valence-corrected chi connectivity index (χ2v) is 4.56. The first-order valence-electron chi connectivity index (χ1n) is 6.12. The van der Waals surface area contributed by atoms with Gasteiger partial charge in [0.05, 0.1) is 17.6 Å². The van der Waals surface area contributed by atoms with Gasteiger partial charge in [0.15, 0.2) is 11.6 Å². The number of hydrogen-bond donors (Lipinski definition) is 1. The van der Waals surface area contributed by atoms with E-state index in [0.29, 0.717) is 17.6 Å². The number of aromatic amines is 1. The van der Waals surface area contributed by atoms with E-state index in [9.17, 15) is 8.78 Å². The molecule has 0 aliphatic heterocycles. The van der Waals surface area contributed by atoms with E-state index in [0.717, 1.165) is 37.3 Å². The average molecular weight is 253 g/mol. The minimum absolute atomic E-state index is 0.466. The van der Waals surface area contributed by atoms with Crippen LogP contribution in [0, 0.1) is 11.6 Å². The molecular weight excluding hydrogens is 236 g/mol. The van der Waals surface area contributed by atoms with E-state index in [1.54, 1.807) is 0 Å². The monoisotopic (exact) mass is 253 g/mol. The van der Waals surface area contributed by atoms with Crippen molar-refractivity contribution >= 4 is 11.0 Å². The van der Waals surface area contributed by atoms with Crippen LogP contribution in [-0.2, 0) is 6.54 Å². The molecule has 1 aromatic heterocycles. The van der Waals surface area contributed by atoms with E-state index in [-0.39, 0.29) is 0 Å². The van der Waals surface area contributed by atoms with Gasteiger partial charge in [0, 0.05) is 12.1 Å². The topological polar surface area (TPSA) is 31.9 Å². The van der Waals surface area contributed by atoms with Crippen molar-refractivity contribution in [1.29, 1.82) is 0 Å². The molecule has 0 saturated carbocycles. The summed E-state index contributed by atoms with van der Waals surface area (Å²) in [6, 6.07) is 2.27. The Labute approximate surface area is 105 Å². The second kappa shape index (κ2) is 5.44. The van der Waals surface area contributed by atoms with Crippen LogP contribution in [0.3, 0.4) is 0 Å². The summed E-state index contributed by atoms with van der Waals surface area (Å²) in [5.74, 6) is -0.981. The van der Waals surface area contributed by atoms with E-state index in [2.05, 4.69) is 21.8 Å². The van der Waals surface area contributed by atoms with Crippen molar-refractivity contribution in [3.63, 3.8) is 0 Å². The van der Waals surface area contributed by atoms with Crippen LogP contribution >= 0.6 is 0 Å². The van der Waals surface area contributed by atoms with Crippen molar-refractivity contribution in [2.24, 2.45) is 0 Å². The Bertz CT molecular complexity index is 497. The van der Waals surface area contributed by atoms with E-state index in [1.807, 2.05) is 7.05 Å². The number of hydrogen-bond acceptors (Lipinski definition) is 2. The normalized spacial score (nSPS) is 11.6. The van der Waals surface area contributed by atoms with Crippen LogP contribution in [0.2, 0.25) is 0 Å². The van der Waals surface area contributed by atoms with Gasteiger partial charge in [0.1, 0.15) is 5.82 Å². The molecule has 18 heavy (non-hydrogen) atoms. The zero-order valence-electron chi connectivity index (χ0n) is 10.6. The Morgan fingerprint density at radius 3 is 2.72 bits per heavy atom. The lowest BCUT2D eigenvalue weighted by molar-refractivity contribution is 0.314. The fraction of sp³-hybridized carbons (Fsp3) is 0.462. The number of aromatic nitrogens is 2. The molecule has 0 bridgehead atoms. The zero-order chi connectivity index (χ0) is 13.1. The largest absolute Gasteiger partial charge is 0.341 e. The van der Waals surface area contributed by atoms with Gasteiger partial charge < -0.3 is 4.98 Å². The first kappa shape index (κ1) is 13.0. The fourth-order valence-corrected chi connectivity index (χ4v) is 1.90. The summed E-state index contributed by atoms with van der Waals surface area (Å²) in [6.45, 7) is 3.77. The van der Waals surface area contributed by atoms with E-state index < -0.39 is 11.6 Å². The number of nitrogens with one attached hydrogen (secondary N) is 1. The number of unbranched alkanes of at least 4 members (excludes halogenated alkanes) is 1. The molecule has 0 aliphatic carbocycles. The van der Waals surface area contributed by atoms with Gasteiger partial charge in [-0.25, -0.2) is 13.8 Å². The molecule has 1 aromatic carbocycles. The molecule has 1 N–H and O–H groups in total. The third kappa shape index (κ3) is 2.85. The number of benzene rings is 1. The average Bonchev–Trinajstić information content (AvgIpc) is 2.68. The number of halogens is 2. The van der Waals surface area contributed by atoms with Gasteiger partial charge >= 0.3 is 0 Å². The standard InChI is InChI=1S/C13H17F2N3/c1-3-4-5-18(2)8-13-16-11-6-9(14)10(15)7-12(11)17-13/h6-7H,3-5,8H2,1-2H3,(H,16,17). The minimum Gasteiger partial charge on any atom is -0.341 e. The summed E-state index contributed by atoms with van der Waals surface area (Å²) in [5, 5.41) is 0. The highest BCUT2D eigenvalue weighted by Gasteiger charge is 2.09. The number of nitrogens with zero attached hydrogens (tertiary/aromatic N) is 2. The van der Waals surface area contributed by atoms with Gasteiger partial charge in [-0.15, -0.1) is 0 Å². The maximum atomic E-state index is 13.1. The molecule has 2 rings (SSSR count). The lowest BCUT2D eigenvalue weighted by Gasteiger charge is -2.13. The molecule has 98 valence electrons. The quantitative estimate of drug-likeness (QED) is 0.888. The molecule has 1 heterocycles. The molecule has 0 fully saturated rings. The number of imidazole rings is 1. The fourth-order valence-electron chi connectivity index (χ4n) is 1.90. The third-order valence-electron chi connectivity index (χ3n) is 2.89. The summed E-state index contributed by atoms with van der Waals surface area (Å²) in [7, 11) is 2.00. The molecule has 0 saturated heterocycles. The maximum absolute atomic E-state index is 13.1. The summed E-state index contributed by atoms with van der Waals surface area (Å²) < 4.78 is 26.1. The van der Waals surface area contributed by atoms with Gasteiger partial charge in [-0.3, -0.25) is 4.90 Å². The van der Waals surface area contributed by atoms with Crippen LogP contribution in [0.25, 0.3) is 11.0 Å². The predicted molar refractivity (Wildman–Crippen MR) is 67.3 cm³/mol. The van der Waals surface area contributed by atoms with Gasteiger partial charge in [0.2, 0.25) is 0 Å². The molecule has 2 aromatic rings. The molecule has 0 spiro atoms. The highest BCUT2D eigenvalue weighted by atomic mass is 19.2. The van der Waals surface area contributed by atoms with Gasteiger partial charge in [0.25, 0.3) is 0 Å². The summed E-state index contributed by atoms with van der Waals surface area (Å²) in [6.07, 6.45) is 2.26. The third-order valence-corrected chi connectivity index (χ3v) is 2.89. The summed E-state index contributed by atoms with van der Waals surface area (Å²) in [4.78, 5) is 9.40. The predicted octanol–water partition coefficient (Wildman–Crippen LogP) is 3.07. The Hall–Kier alpha value is -1.49. The van der Waals surface area contributed by atoms with Crippen molar-refractivity contribution < 1.29 is 8.78 Å². The summed E-state index contributed by atoms with van der Waals surface area (Å²) in [5.41, 5.74) is 1.00. The second-order valence-electron chi connectivity index (χ2n) is 4.56. The Balaban J connectivity index is 2.15. The highest BCUT2D eigenvalue weighted by Crippen LogP contribution is 2.16. The molecule has 0 aliphatic rings. The lowest BCUT2D eigenvalue weighted by atomic mass is 10.3. The van der Waals surface area contributed by atoms with Crippen LogP contribution < -0.4 is 0 Å². The SMILES string of the molecule is CCCCN(C)Cc1nc2cc(F)c(F)cc2[nH]1. The van der Waals surface area contributed by atoms with Gasteiger partial charge in [-0.1, -0.05) is 13.3 Å². The van der Waals surface area contributed by atoms with Gasteiger partial charge in [-0.05, 0) is 20.0 Å². The Morgan fingerprint density at radius 1 is 1.28 bits per heavy atom. The van der Waals surface area contributed by atoms with Crippen molar-refractivity contribution in [3.05, 3.63) is 29.6 Å². The van der Waals surface area contributed by atoms with Crippen LogP contribution in [0.1, 0.15) is 25.6 Å². The maximum Gasteiger partial charge on any atom is 0.161 e. The van der Waals surface area contributed by atoms with Crippen molar-refractivity contribution in [3.8, 4) is 0 Å². The van der Waals surface area contributed by atoms with E-state index >= 15 is 0 Å². The van der Waals surface area contributed by atoms with Crippen LogP contribution in [-0.4, -0.2) is 28.5 Å². The van der Waals surface area contributed by atoms with Crippen molar-refractivity contribution in [2.45, 2.75) is 26.3 Å². The molecule has 0 atom stereocenters.